The molecule has 2 heterocycles. The van der Waals surface area contributed by atoms with E-state index in [0.29, 0.717) is 28.5 Å². The van der Waals surface area contributed by atoms with E-state index in [1.165, 1.54) is 6.08 Å². The summed E-state index contributed by atoms with van der Waals surface area (Å²) in [5.74, 6) is 0.166. The molecule has 166 valence electrons. The molecule has 7 nitrogen and oxygen atoms in total. The number of piperazine rings is 1. The Morgan fingerprint density at radius 3 is 2.81 bits per heavy atom. The SMILES string of the molecule is C=CC(=O)Nc1cccc(-c2cc(Cl)nc(NC3=CC(N4CCN(C)CC4)CC=C3)n2)c1. The molecule has 1 aliphatic heterocycles. The number of hydrogen-bond donors (Lipinski definition) is 2. The van der Waals surface area contributed by atoms with E-state index in [0.717, 1.165) is 43.9 Å². The zero-order valence-electron chi connectivity index (χ0n) is 18.1. The Labute approximate surface area is 193 Å². The number of nitrogens with zero attached hydrogens (tertiary/aromatic N) is 4. The first-order valence-electron chi connectivity index (χ1n) is 10.7. The zero-order valence-corrected chi connectivity index (χ0v) is 18.8. The number of nitrogens with one attached hydrogen (secondary N) is 2. The van der Waals surface area contributed by atoms with E-state index >= 15 is 0 Å². The molecule has 1 unspecified atom stereocenters. The lowest BCUT2D eigenvalue weighted by atomic mass is 10.0. The van der Waals surface area contributed by atoms with E-state index in [9.17, 15) is 4.79 Å². The molecule has 0 radical (unpaired) electrons. The number of halogens is 1. The number of rotatable bonds is 6. The van der Waals surface area contributed by atoms with Crippen molar-refractivity contribution in [1.29, 1.82) is 0 Å². The van der Waals surface area contributed by atoms with Gasteiger partial charge >= 0.3 is 0 Å². The molecule has 1 atom stereocenters. The summed E-state index contributed by atoms with van der Waals surface area (Å²) >= 11 is 6.30. The molecule has 1 saturated heterocycles. The highest BCUT2D eigenvalue weighted by molar-refractivity contribution is 6.29. The van der Waals surface area contributed by atoms with E-state index in [-0.39, 0.29) is 5.91 Å². The van der Waals surface area contributed by atoms with Crippen molar-refractivity contribution in [1.82, 2.24) is 19.8 Å². The molecule has 1 amide bonds. The van der Waals surface area contributed by atoms with Gasteiger partial charge in [0, 0.05) is 55.2 Å². The van der Waals surface area contributed by atoms with Gasteiger partial charge < -0.3 is 15.5 Å². The van der Waals surface area contributed by atoms with Crippen LogP contribution in [0.15, 0.2) is 66.9 Å². The number of carbonyl (C=O) groups is 1. The number of benzene rings is 1. The molecular formula is C24H27ClN6O. The molecule has 2 N–H and O–H groups in total. The van der Waals surface area contributed by atoms with Crippen LogP contribution in [0.1, 0.15) is 6.42 Å². The van der Waals surface area contributed by atoms with Crippen molar-refractivity contribution in [2.24, 2.45) is 0 Å². The van der Waals surface area contributed by atoms with Crippen LogP contribution in [0.4, 0.5) is 11.6 Å². The molecule has 8 heteroatoms. The fourth-order valence-electron chi connectivity index (χ4n) is 3.86. The number of amides is 1. The molecular weight excluding hydrogens is 424 g/mol. The Morgan fingerprint density at radius 2 is 2.03 bits per heavy atom. The molecule has 0 spiro atoms. The van der Waals surface area contributed by atoms with Gasteiger partial charge in [-0.1, -0.05) is 36.4 Å². The van der Waals surface area contributed by atoms with Gasteiger partial charge in [-0.3, -0.25) is 9.69 Å². The van der Waals surface area contributed by atoms with Gasteiger partial charge in [-0.25, -0.2) is 9.97 Å². The van der Waals surface area contributed by atoms with Crippen LogP contribution < -0.4 is 10.6 Å². The van der Waals surface area contributed by atoms with Crippen molar-refractivity contribution in [2.45, 2.75) is 12.5 Å². The fourth-order valence-corrected chi connectivity index (χ4v) is 4.04. The van der Waals surface area contributed by atoms with Crippen molar-refractivity contribution < 1.29 is 4.79 Å². The molecule has 4 rings (SSSR count). The standard InChI is InChI=1S/C24H27ClN6O/c1-3-23(32)26-18-7-4-6-17(14-18)21-16-22(25)29-24(28-21)27-19-8-5-9-20(15-19)31-12-10-30(2)11-13-31/h3-8,14-16,20H,1,9-13H2,2H3,(H,26,32)(H,27,28,29). The third-order valence-corrected chi connectivity index (χ3v) is 5.81. The van der Waals surface area contributed by atoms with Crippen molar-refractivity contribution in [3.63, 3.8) is 0 Å². The molecule has 1 fully saturated rings. The van der Waals surface area contributed by atoms with E-state index in [1.54, 1.807) is 6.07 Å². The predicted octanol–water partition coefficient (Wildman–Crippen LogP) is 3.79. The van der Waals surface area contributed by atoms with Crippen LogP contribution >= 0.6 is 11.6 Å². The molecule has 1 aliphatic carbocycles. The average molecular weight is 451 g/mol. The van der Waals surface area contributed by atoms with Gasteiger partial charge in [-0.15, -0.1) is 0 Å². The fraction of sp³-hybridized carbons (Fsp3) is 0.292. The summed E-state index contributed by atoms with van der Waals surface area (Å²) in [7, 11) is 2.16. The first-order valence-corrected chi connectivity index (χ1v) is 11.0. The van der Waals surface area contributed by atoms with Crippen molar-refractivity contribution >= 4 is 29.1 Å². The number of carbonyl (C=O) groups excluding carboxylic acids is 1. The molecule has 0 saturated carbocycles. The maximum absolute atomic E-state index is 11.6. The minimum Gasteiger partial charge on any atom is -0.324 e. The Morgan fingerprint density at radius 1 is 1.22 bits per heavy atom. The normalized spacial score (nSPS) is 19.3. The average Bonchev–Trinajstić information content (AvgIpc) is 2.79. The van der Waals surface area contributed by atoms with Gasteiger partial charge in [0.25, 0.3) is 0 Å². The first-order chi connectivity index (χ1) is 15.5. The Kier molecular flexibility index (Phi) is 6.99. The summed E-state index contributed by atoms with van der Waals surface area (Å²) < 4.78 is 0. The van der Waals surface area contributed by atoms with Crippen LogP contribution in [0.2, 0.25) is 5.15 Å². The van der Waals surface area contributed by atoms with Crippen LogP contribution in [0.3, 0.4) is 0 Å². The molecule has 1 aromatic carbocycles. The Bertz CT molecular complexity index is 1060. The summed E-state index contributed by atoms with van der Waals surface area (Å²) in [6.07, 6.45) is 8.71. The third-order valence-electron chi connectivity index (χ3n) is 5.62. The molecule has 1 aromatic heterocycles. The summed E-state index contributed by atoms with van der Waals surface area (Å²) in [4.78, 5) is 25.5. The monoisotopic (exact) mass is 450 g/mol. The molecule has 0 bridgehead atoms. The number of aromatic nitrogens is 2. The van der Waals surface area contributed by atoms with Gasteiger partial charge in [-0.2, -0.15) is 0 Å². The number of anilines is 2. The lowest BCUT2D eigenvalue weighted by Crippen LogP contribution is -2.48. The highest BCUT2D eigenvalue weighted by Crippen LogP contribution is 2.25. The Balaban J connectivity index is 1.52. The summed E-state index contributed by atoms with van der Waals surface area (Å²) in [5.41, 5.74) is 3.10. The second kappa shape index (κ2) is 10.1. The van der Waals surface area contributed by atoms with Crippen LogP contribution in [-0.4, -0.2) is 64.9 Å². The lowest BCUT2D eigenvalue weighted by molar-refractivity contribution is -0.111. The number of allylic oxidation sites excluding steroid dienone is 1. The van der Waals surface area contributed by atoms with Crippen LogP contribution in [0.5, 0.6) is 0 Å². The maximum Gasteiger partial charge on any atom is 0.247 e. The minimum absolute atomic E-state index is 0.267. The van der Waals surface area contributed by atoms with E-state index < -0.39 is 0 Å². The smallest absolute Gasteiger partial charge is 0.247 e. The summed E-state index contributed by atoms with van der Waals surface area (Å²) in [6, 6.07) is 9.48. The topological polar surface area (TPSA) is 73.4 Å². The Hall–Kier alpha value is -3.00. The molecule has 2 aliphatic rings. The van der Waals surface area contributed by atoms with Gasteiger partial charge in [0.15, 0.2) is 0 Å². The van der Waals surface area contributed by atoms with Gasteiger partial charge in [0.2, 0.25) is 11.9 Å². The lowest BCUT2D eigenvalue weighted by Gasteiger charge is -2.37. The van der Waals surface area contributed by atoms with E-state index in [4.69, 9.17) is 11.6 Å². The summed E-state index contributed by atoms with van der Waals surface area (Å²) in [6.45, 7) is 7.78. The van der Waals surface area contributed by atoms with E-state index in [1.807, 2.05) is 24.3 Å². The summed E-state index contributed by atoms with van der Waals surface area (Å²) in [5, 5.41) is 6.42. The minimum atomic E-state index is -0.267. The van der Waals surface area contributed by atoms with Gasteiger partial charge in [0.1, 0.15) is 5.15 Å². The van der Waals surface area contributed by atoms with Crippen LogP contribution in [0.25, 0.3) is 11.3 Å². The van der Waals surface area contributed by atoms with Gasteiger partial charge in [-0.05, 0) is 43.8 Å². The zero-order chi connectivity index (χ0) is 22.5. The van der Waals surface area contributed by atoms with Crippen molar-refractivity contribution in [3.8, 4) is 11.3 Å². The van der Waals surface area contributed by atoms with Crippen LogP contribution in [0, 0.1) is 0 Å². The highest BCUT2D eigenvalue weighted by atomic mass is 35.5. The number of hydrogen-bond acceptors (Lipinski definition) is 6. The van der Waals surface area contributed by atoms with Crippen molar-refractivity contribution in [2.75, 3.05) is 43.9 Å². The second-order valence-electron chi connectivity index (χ2n) is 7.97. The van der Waals surface area contributed by atoms with Crippen LogP contribution in [-0.2, 0) is 4.79 Å². The largest absolute Gasteiger partial charge is 0.324 e. The molecule has 2 aromatic rings. The number of likely N-dealkylation sites (N-methyl/N-ethyl adjacent to an activating group) is 1. The van der Waals surface area contributed by atoms with Gasteiger partial charge in [0.05, 0.1) is 5.69 Å². The third kappa shape index (κ3) is 5.62. The maximum atomic E-state index is 11.6. The second-order valence-corrected chi connectivity index (χ2v) is 8.35. The molecule has 32 heavy (non-hydrogen) atoms. The first kappa shape index (κ1) is 22.2. The predicted molar refractivity (Wildman–Crippen MR) is 130 cm³/mol. The quantitative estimate of drug-likeness (QED) is 0.515. The van der Waals surface area contributed by atoms with Crippen molar-refractivity contribution in [3.05, 3.63) is 72.1 Å². The highest BCUT2D eigenvalue weighted by Gasteiger charge is 2.22. The van der Waals surface area contributed by atoms with E-state index in [2.05, 4.69) is 62.3 Å².